The van der Waals surface area contributed by atoms with Gasteiger partial charge in [0.1, 0.15) is 0 Å². The predicted octanol–water partition coefficient (Wildman–Crippen LogP) is 2.18. The number of nitrogens with one attached hydrogen (secondary N) is 1. The van der Waals surface area contributed by atoms with Gasteiger partial charge in [0.25, 0.3) is 0 Å². The molecular weight excluding hydrogens is 224 g/mol. The second-order valence-electron chi connectivity index (χ2n) is 5.69. The van der Waals surface area contributed by atoms with Crippen LogP contribution in [0.5, 0.6) is 0 Å². The van der Waals surface area contributed by atoms with Gasteiger partial charge in [-0.2, -0.15) is 0 Å². The summed E-state index contributed by atoms with van der Waals surface area (Å²) in [4.78, 5) is 2.45. The van der Waals surface area contributed by atoms with E-state index in [0.717, 1.165) is 32.2 Å². The van der Waals surface area contributed by atoms with Crippen LogP contribution in [0.25, 0.3) is 0 Å². The fourth-order valence-electron chi connectivity index (χ4n) is 2.69. The van der Waals surface area contributed by atoms with Gasteiger partial charge in [0.05, 0.1) is 12.2 Å². The van der Waals surface area contributed by atoms with Crippen molar-refractivity contribution in [2.24, 2.45) is 0 Å². The lowest BCUT2D eigenvalue weighted by molar-refractivity contribution is 0.0253. The lowest BCUT2D eigenvalue weighted by atomic mass is 10.2. The Morgan fingerprint density at radius 3 is 2.72 bits per heavy atom. The first kappa shape index (κ1) is 14.0. The minimum atomic E-state index is 0.433. The van der Waals surface area contributed by atoms with E-state index in [1.54, 1.807) is 0 Å². The summed E-state index contributed by atoms with van der Waals surface area (Å²) in [6.07, 6.45) is 9.24. The largest absolute Gasteiger partial charge is 0.372 e. The maximum absolute atomic E-state index is 6.12. The molecule has 3 nitrogen and oxygen atoms in total. The van der Waals surface area contributed by atoms with Crippen molar-refractivity contribution in [3.8, 4) is 0 Å². The molecule has 0 aromatic rings. The minimum Gasteiger partial charge on any atom is -0.372 e. The van der Waals surface area contributed by atoms with Crippen molar-refractivity contribution >= 4 is 0 Å². The third kappa shape index (κ3) is 4.71. The van der Waals surface area contributed by atoms with Crippen LogP contribution in [0.3, 0.4) is 0 Å². The molecule has 2 aliphatic rings. The van der Waals surface area contributed by atoms with Crippen molar-refractivity contribution in [3.05, 3.63) is 12.7 Å². The summed E-state index contributed by atoms with van der Waals surface area (Å²) >= 11 is 0. The van der Waals surface area contributed by atoms with Gasteiger partial charge in [-0.15, -0.1) is 6.58 Å². The Labute approximate surface area is 112 Å². The van der Waals surface area contributed by atoms with Crippen molar-refractivity contribution in [2.45, 2.75) is 57.3 Å². The summed E-state index contributed by atoms with van der Waals surface area (Å²) < 4.78 is 6.12. The fourth-order valence-corrected chi connectivity index (χ4v) is 2.69. The first-order chi connectivity index (χ1) is 8.81. The zero-order valence-electron chi connectivity index (χ0n) is 11.7. The molecule has 0 amide bonds. The molecule has 0 spiro atoms. The molecule has 1 N–H and O–H groups in total. The number of nitrogens with zero attached hydrogens (tertiary/aromatic N) is 1. The Hall–Kier alpha value is -0.380. The number of hydrogen-bond donors (Lipinski definition) is 1. The van der Waals surface area contributed by atoms with E-state index in [-0.39, 0.29) is 0 Å². The highest BCUT2D eigenvalue weighted by Gasteiger charge is 2.28. The van der Waals surface area contributed by atoms with E-state index < -0.39 is 0 Å². The molecule has 1 aliphatic heterocycles. The number of ether oxygens (including phenoxy) is 1. The first-order valence-electron chi connectivity index (χ1n) is 7.54. The molecule has 0 aromatic carbocycles. The standard InChI is InChI=1S/C15H28N2O/c1-3-9-17(10-4-2)12-15-8-7-14(18-15)11-16-13-5-6-13/h3,13-16H,1,4-12H2,2H3. The van der Waals surface area contributed by atoms with Crippen LogP contribution in [0.15, 0.2) is 12.7 Å². The van der Waals surface area contributed by atoms with Gasteiger partial charge in [-0.25, -0.2) is 0 Å². The van der Waals surface area contributed by atoms with Gasteiger partial charge < -0.3 is 10.1 Å². The highest BCUT2D eigenvalue weighted by Crippen LogP contribution is 2.23. The average Bonchev–Trinajstić information content (AvgIpc) is 3.08. The lowest BCUT2D eigenvalue weighted by Gasteiger charge is -2.24. The zero-order chi connectivity index (χ0) is 12.8. The Balaban J connectivity index is 1.64. The molecule has 1 heterocycles. The van der Waals surface area contributed by atoms with Gasteiger partial charge in [0.2, 0.25) is 0 Å². The molecule has 2 rings (SSSR count). The van der Waals surface area contributed by atoms with Crippen LogP contribution in [0.1, 0.15) is 39.0 Å². The molecule has 2 unspecified atom stereocenters. The van der Waals surface area contributed by atoms with Gasteiger partial charge in [-0.1, -0.05) is 13.0 Å². The molecule has 0 bridgehead atoms. The van der Waals surface area contributed by atoms with Crippen molar-refractivity contribution < 1.29 is 4.74 Å². The molecule has 1 aliphatic carbocycles. The van der Waals surface area contributed by atoms with Crippen molar-refractivity contribution in [3.63, 3.8) is 0 Å². The van der Waals surface area contributed by atoms with E-state index >= 15 is 0 Å². The van der Waals surface area contributed by atoms with E-state index in [0.29, 0.717) is 12.2 Å². The summed E-state index contributed by atoms with van der Waals surface area (Å²) in [5.74, 6) is 0. The maximum Gasteiger partial charge on any atom is 0.0707 e. The monoisotopic (exact) mass is 252 g/mol. The third-order valence-electron chi connectivity index (χ3n) is 3.80. The second kappa shape index (κ2) is 7.27. The first-order valence-corrected chi connectivity index (χ1v) is 7.54. The third-order valence-corrected chi connectivity index (χ3v) is 3.80. The van der Waals surface area contributed by atoms with Crippen LogP contribution < -0.4 is 5.32 Å². The van der Waals surface area contributed by atoms with Gasteiger partial charge in [0.15, 0.2) is 0 Å². The summed E-state index contributed by atoms with van der Waals surface area (Å²) in [6.45, 7) is 10.3. The summed E-state index contributed by atoms with van der Waals surface area (Å²) in [5, 5.41) is 3.57. The van der Waals surface area contributed by atoms with E-state index in [1.165, 1.54) is 32.1 Å². The van der Waals surface area contributed by atoms with Gasteiger partial charge in [0, 0.05) is 25.7 Å². The fraction of sp³-hybridized carbons (Fsp3) is 0.867. The van der Waals surface area contributed by atoms with Crippen LogP contribution >= 0.6 is 0 Å². The molecule has 1 saturated heterocycles. The van der Waals surface area contributed by atoms with Crippen LogP contribution in [0.4, 0.5) is 0 Å². The molecule has 18 heavy (non-hydrogen) atoms. The molecule has 0 radical (unpaired) electrons. The molecule has 3 heteroatoms. The quantitative estimate of drug-likeness (QED) is 0.637. The smallest absolute Gasteiger partial charge is 0.0707 e. The summed E-state index contributed by atoms with van der Waals surface area (Å²) in [5.41, 5.74) is 0. The molecule has 1 saturated carbocycles. The highest BCUT2D eigenvalue weighted by atomic mass is 16.5. The second-order valence-corrected chi connectivity index (χ2v) is 5.69. The van der Waals surface area contributed by atoms with E-state index in [9.17, 15) is 0 Å². The molecule has 2 atom stereocenters. The lowest BCUT2D eigenvalue weighted by Crippen LogP contribution is -2.35. The van der Waals surface area contributed by atoms with Gasteiger partial charge >= 0.3 is 0 Å². The van der Waals surface area contributed by atoms with Crippen molar-refractivity contribution in [1.29, 1.82) is 0 Å². The minimum absolute atomic E-state index is 0.433. The number of hydrogen-bond acceptors (Lipinski definition) is 3. The molecule has 104 valence electrons. The van der Waals surface area contributed by atoms with Crippen LogP contribution in [-0.4, -0.2) is 49.3 Å². The molecule has 0 aromatic heterocycles. The topological polar surface area (TPSA) is 24.5 Å². The predicted molar refractivity (Wildman–Crippen MR) is 75.8 cm³/mol. The Morgan fingerprint density at radius 1 is 1.28 bits per heavy atom. The SMILES string of the molecule is C=CCN(CCC)CC1CCC(CNC2CC2)O1. The zero-order valence-corrected chi connectivity index (χ0v) is 11.7. The maximum atomic E-state index is 6.12. The highest BCUT2D eigenvalue weighted by molar-refractivity contribution is 4.85. The van der Waals surface area contributed by atoms with Crippen LogP contribution in [0.2, 0.25) is 0 Å². The van der Waals surface area contributed by atoms with Crippen molar-refractivity contribution in [2.75, 3.05) is 26.2 Å². The van der Waals surface area contributed by atoms with Gasteiger partial charge in [-0.3, -0.25) is 4.90 Å². The van der Waals surface area contributed by atoms with Crippen LogP contribution in [-0.2, 0) is 4.74 Å². The molecule has 2 fully saturated rings. The summed E-state index contributed by atoms with van der Waals surface area (Å²) in [7, 11) is 0. The Bertz CT molecular complexity index is 253. The van der Waals surface area contributed by atoms with Crippen molar-refractivity contribution in [1.82, 2.24) is 10.2 Å². The summed E-state index contributed by atoms with van der Waals surface area (Å²) in [6, 6.07) is 0.796. The molecular formula is C15H28N2O. The normalized spacial score (nSPS) is 27.9. The Morgan fingerprint density at radius 2 is 2.06 bits per heavy atom. The van der Waals surface area contributed by atoms with Crippen LogP contribution in [0, 0.1) is 0 Å². The van der Waals surface area contributed by atoms with Gasteiger partial charge in [-0.05, 0) is 38.6 Å². The van der Waals surface area contributed by atoms with E-state index in [2.05, 4.69) is 23.7 Å². The number of rotatable bonds is 9. The van der Waals surface area contributed by atoms with E-state index in [4.69, 9.17) is 4.74 Å². The average molecular weight is 252 g/mol. The van der Waals surface area contributed by atoms with E-state index in [1.807, 2.05) is 6.08 Å². The Kier molecular flexibility index (Phi) is 5.67.